The van der Waals surface area contributed by atoms with E-state index < -0.39 is 16.6 Å². The van der Waals surface area contributed by atoms with Crippen LogP contribution in [0.4, 0.5) is 0 Å². The summed E-state index contributed by atoms with van der Waals surface area (Å²) in [5.41, 5.74) is -0.598. The van der Waals surface area contributed by atoms with E-state index in [1.54, 1.807) is 0 Å². The first-order valence-electron chi connectivity index (χ1n) is 8.82. The third-order valence-corrected chi connectivity index (χ3v) is 4.91. The minimum atomic E-state index is -1.20. The third kappa shape index (κ3) is 3.47. The quantitative estimate of drug-likeness (QED) is 0.820. The van der Waals surface area contributed by atoms with Gasteiger partial charge in [0.15, 0.2) is 0 Å². The van der Waals surface area contributed by atoms with E-state index in [4.69, 9.17) is 4.74 Å². The van der Waals surface area contributed by atoms with Crippen molar-refractivity contribution in [3.05, 3.63) is 71.8 Å². The van der Waals surface area contributed by atoms with Gasteiger partial charge in [-0.3, -0.25) is 4.79 Å². The highest BCUT2D eigenvalue weighted by atomic mass is 16.6. The standard InChI is InChI=1S/C22H26O3/c1-20(2,3)25-19(23)16-21(14-15-21)22(24,17-10-6-4-7-11-17)18-12-8-5-9-13-18/h4-13,24H,14-16H2,1-3H3. The summed E-state index contributed by atoms with van der Waals surface area (Å²) in [6.07, 6.45) is 1.81. The SMILES string of the molecule is CC(C)(C)OC(=O)CC1(C(O)(c2ccccc2)c2ccccc2)CC1. The molecule has 0 atom stereocenters. The predicted octanol–water partition coefficient (Wildman–Crippen LogP) is 4.43. The number of carbonyl (C=O) groups is 1. The highest BCUT2D eigenvalue weighted by Crippen LogP contribution is 2.63. The molecule has 0 amide bonds. The van der Waals surface area contributed by atoms with E-state index in [0.29, 0.717) is 0 Å². The molecule has 3 heteroatoms. The Kier molecular flexibility index (Phi) is 4.46. The number of aliphatic hydroxyl groups is 1. The van der Waals surface area contributed by atoms with E-state index in [1.807, 2.05) is 81.4 Å². The van der Waals surface area contributed by atoms with Gasteiger partial charge in [0.1, 0.15) is 11.2 Å². The maximum Gasteiger partial charge on any atom is 0.307 e. The Morgan fingerprint density at radius 1 is 0.960 bits per heavy atom. The van der Waals surface area contributed by atoms with Gasteiger partial charge in [0, 0.05) is 5.41 Å². The van der Waals surface area contributed by atoms with Gasteiger partial charge in [0.2, 0.25) is 0 Å². The molecule has 2 aromatic carbocycles. The van der Waals surface area contributed by atoms with E-state index in [1.165, 1.54) is 0 Å². The highest BCUT2D eigenvalue weighted by molar-refractivity contribution is 5.72. The van der Waals surface area contributed by atoms with Gasteiger partial charge in [-0.25, -0.2) is 0 Å². The monoisotopic (exact) mass is 338 g/mol. The molecule has 1 N–H and O–H groups in total. The minimum Gasteiger partial charge on any atom is -0.460 e. The number of esters is 1. The Balaban J connectivity index is 2.00. The van der Waals surface area contributed by atoms with Crippen LogP contribution in [0.2, 0.25) is 0 Å². The molecule has 0 spiro atoms. The molecule has 0 aromatic heterocycles. The van der Waals surface area contributed by atoms with Gasteiger partial charge < -0.3 is 9.84 Å². The molecule has 1 fully saturated rings. The molecule has 0 unspecified atom stereocenters. The van der Waals surface area contributed by atoms with Crippen molar-refractivity contribution >= 4 is 5.97 Å². The van der Waals surface area contributed by atoms with Gasteiger partial charge in [-0.05, 0) is 44.7 Å². The van der Waals surface area contributed by atoms with Crippen LogP contribution in [0, 0.1) is 5.41 Å². The lowest BCUT2D eigenvalue weighted by Crippen LogP contribution is -2.40. The van der Waals surface area contributed by atoms with Gasteiger partial charge in [0.25, 0.3) is 0 Å². The molecule has 1 saturated carbocycles. The number of rotatable bonds is 5. The van der Waals surface area contributed by atoms with Gasteiger partial charge in [-0.2, -0.15) is 0 Å². The summed E-state index contributed by atoms with van der Waals surface area (Å²) in [4.78, 5) is 12.5. The topological polar surface area (TPSA) is 46.5 Å². The zero-order chi connectivity index (χ0) is 18.1. The van der Waals surface area contributed by atoms with E-state index in [9.17, 15) is 9.90 Å². The average Bonchev–Trinajstić information content (AvgIpc) is 3.35. The second-order valence-corrected chi connectivity index (χ2v) is 7.99. The minimum absolute atomic E-state index is 0.213. The normalized spacial score (nSPS) is 16.3. The fourth-order valence-corrected chi connectivity index (χ4v) is 3.61. The maximum absolute atomic E-state index is 12.5. The van der Waals surface area contributed by atoms with Gasteiger partial charge in [-0.15, -0.1) is 0 Å². The predicted molar refractivity (Wildman–Crippen MR) is 98.0 cm³/mol. The van der Waals surface area contributed by atoms with Crippen LogP contribution in [0.3, 0.4) is 0 Å². The number of benzene rings is 2. The Morgan fingerprint density at radius 2 is 1.40 bits per heavy atom. The van der Waals surface area contributed by atoms with E-state index in [0.717, 1.165) is 24.0 Å². The summed E-state index contributed by atoms with van der Waals surface area (Å²) in [7, 11) is 0. The molecule has 1 aliphatic carbocycles. The molecule has 0 bridgehead atoms. The van der Waals surface area contributed by atoms with Crippen LogP contribution in [0.15, 0.2) is 60.7 Å². The van der Waals surface area contributed by atoms with Crippen LogP contribution in [-0.2, 0) is 15.1 Å². The van der Waals surface area contributed by atoms with E-state index in [-0.39, 0.29) is 12.4 Å². The summed E-state index contributed by atoms with van der Waals surface area (Å²) in [6, 6.07) is 19.3. The van der Waals surface area contributed by atoms with E-state index in [2.05, 4.69) is 0 Å². The summed E-state index contributed by atoms with van der Waals surface area (Å²) in [5, 5.41) is 11.9. The Hall–Kier alpha value is -2.13. The average molecular weight is 338 g/mol. The van der Waals surface area contributed by atoms with Crippen molar-refractivity contribution in [1.29, 1.82) is 0 Å². The molecule has 0 aliphatic heterocycles. The lowest BCUT2D eigenvalue weighted by molar-refractivity contribution is -0.159. The molecule has 2 aromatic rings. The summed E-state index contributed by atoms with van der Waals surface area (Å²) in [5.74, 6) is -0.254. The van der Waals surface area contributed by atoms with Crippen molar-refractivity contribution in [1.82, 2.24) is 0 Å². The van der Waals surface area contributed by atoms with Crippen LogP contribution in [0.5, 0.6) is 0 Å². The van der Waals surface area contributed by atoms with Crippen LogP contribution < -0.4 is 0 Å². The van der Waals surface area contributed by atoms with Crippen molar-refractivity contribution in [2.75, 3.05) is 0 Å². The molecule has 0 radical (unpaired) electrons. The fourth-order valence-electron chi connectivity index (χ4n) is 3.61. The van der Waals surface area contributed by atoms with E-state index >= 15 is 0 Å². The summed E-state index contributed by atoms with van der Waals surface area (Å²) < 4.78 is 5.53. The largest absolute Gasteiger partial charge is 0.460 e. The zero-order valence-corrected chi connectivity index (χ0v) is 15.2. The first-order chi connectivity index (χ1) is 11.8. The van der Waals surface area contributed by atoms with Crippen LogP contribution in [0.25, 0.3) is 0 Å². The van der Waals surface area contributed by atoms with Crippen molar-refractivity contribution in [3.8, 4) is 0 Å². The Morgan fingerprint density at radius 3 is 1.76 bits per heavy atom. The van der Waals surface area contributed by atoms with Crippen molar-refractivity contribution in [3.63, 3.8) is 0 Å². The molecule has 0 heterocycles. The molecule has 0 saturated heterocycles. The summed E-state index contributed by atoms with van der Waals surface area (Å²) in [6.45, 7) is 5.60. The molecular formula is C22H26O3. The maximum atomic E-state index is 12.5. The molecule has 132 valence electrons. The first kappa shape index (κ1) is 17.7. The summed E-state index contributed by atoms with van der Waals surface area (Å²) >= 11 is 0. The lowest BCUT2D eigenvalue weighted by Gasteiger charge is -2.38. The van der Waals surface area contributed by atoms with Crippen molar-refractivity contribution in [2.45, 2.75) is 51.2 Å². The molecule has 25 heavy (non-hydrogen) atoms. The van der Waals surface area contributed by atoms with Crippen molar-refractivity contribution < 1.29 is 14.6 Å². The van der Waals surface area contributed by atoms with Crippen LogP contribution >= 0.6 is 0 Å². The second kappa shape index (κ2) is 6.30. The first-order valence-corrected chi connectivity index (χ1v) is 8.82. The zero-order valence-electron chi connectivity index (χ0n) is 15.2. The molecule has 3 rings (SSSR count). The highest BCUT2D eigenvalue weighted by Gasteiger charge is 2.61. The Bertz CT molecular complexity index is 685. The fraction of sp³-hybridized carbons (Fsp3) is 0.409. The number of carbonyl (C=O) groups excluding carboxylic acids is 1. The van der Waals surface area contributed by atoms with Crippen LogP contribution in [0.1, 0.15) is 51.2 Å². The molecular weight excluding hydrogens is 312 g/mol. The second-order valence-electron chi connectivity index (χ2n) is 7.99. The van der Waals surface area contributed by atoms with Gasteiger partial charge in [0.05, 0.1) is 6.42 Å². The number of hydrogen-bond acceptors (Lipinski definition) is 3. The number of hydrogen-bond donors (Lipinski definition) is 1. The Labute approximate surface area is 149 Å². The van der Waals surface area contributed by atoms with Gasteiger partial charge in [-0.1, -0.05) is 60.7 Å². The smallest absolute Gasteiger partial charge is 0.307 e. The van der Waals surface area contributed by atoms with Crippen molar-refractivity contribution in [2.24, 2.45) is 5.41 Å². The van der Waals surface area contributed by atoms with Crippen LogP contribution in [-0.4, -0.2) is 16.7 Å². The molecule has 1 aliphatic rings. The van der Waals surface area contributed by atoms with Gasteiger partial charge >= 0.3 is 5.97 Å². The molecule has 3 nitrogen and oxygen atoms in total. The lowest BCUT2D eigenvalue weighted by atomic mass is 9.72. The number of ether oxygens (including phenoxy) is 1. The third-order valence-electron chi connectivity index (χ3n) is 4.91.